The van der Waals surface area contributed by atoms with Gasteiger partial charge in [0.15, 0.2) is 0 Å². The molecule has 0 saturated heterocycles. The molecule has 3 rings (SSSR count). The Labute approximate surface area is 179 Å². The van der Waals surface area contributed by atoms with Gasteiger partial charge in [-0.05, 0) is 47.9 Å². The van der Waals surface area contributed by atoms with Crippen LogP contribution in [0.3, 0.4) is 0 Å². The number of hydrogen-bond donors (Lipinski definition) is 6. The van der Waals surface area contributed by atoms with E-state index in [1.54, 1.807) is 19.1 Å². The highest BCUT2D eigenvalue weighted by Gasteiger charge is 2.38. The van der Waals surface area contributed by atoms with Gasteiger partial charge in [0, 0.05) is 17.3 Å². The number of carbonyl (C=O) groups excluding carboxylic acids is 1. The van der Waals surface area contributed by atoms with E-state index in [1.165, 1.54) is 6.21 Å². The van der Waals surface area contributed by atoms with E-state index in [0.29, 0.717) is 39.1 Å². The topological polar surface area (TPSA) is 156 Å². The molecule has 168 valence electrons. The largest absolute Gasteiger partial charge is 0.461 e. The number of H-pyrrole nitrogens is 1. The second-order valence-corrected chi connectivity index (χ2v) is 7.36. The predicted molar refractivity (Wildman–Crippen MR) is 112 cm³/mol. The lowest BCUT2D eigenvalue weighted by Gasteiger charge is -2.19. The number of aliphatic hydroxyl groups is 5. The van der Waals surface area contributed by atoms with Crippen LogP contribution in [0.2, 0.25) is 0 Å². The van der Waals surface area contributed by atoms with Gasteiger partial charge >= 0.3 is 5.97 Å². The van der Waals surface area contributed by atoms with Crippen LogP contribution >= 0.6 is 0 Å². The van der Waals surface area contributed by atoms with Crippen LogP contribution in [-0.2, 0) is 24.6 Å². The number of nitrogens with zero attached hydrogens (tertiary/aromatic N) is 1. The van der Waals surface area contributed by atoms with E-state index in [4.69, 9.17) is 9.84 Å². The van der Waals surface area contributed by atoms with Crippen molar-refractivity contribution in [2.75, 3.05) is 13.3 Å². The van der Waals surface area contributed by atoms with Crippen LogP contribution in [0, 0.1) is 5.92 Å². The molecule has 1 aromatic heterocycles. The second kappa shape index (κ2) is 10.2. The maximum atomic E-state index is 12.7. The number of benzene rings is 1. The smallest absolute Gasteiger partial charge is 0.355 e. The number of esters is 1. The molecule has 0 spiro atoms. The molecule has 1 heterocycles. The summed E-state index contributed by atoms with van der Waals surface area (Å²) in [6.07, 6.45) is 2.02. The van der Waals surface area contributed by atoms with Gasteiger partial charge in [-0.3, -0.25) is 4.99 Å². The number of aromatic amines is 1. The molecule has 2 aromatic rings. The van der Waals surface area contributed by atoms with Gasteiger partial charge in [0.25, 0.3) is 0 Å². The lowest BCUT2D eigenvalue weighted by molar-refractivity contribution is 0.0511. The number of rotatable bonds is 10. The SMILES string of the molecule is CCOC(=O)c1[nH]c(/C=N/CO)c(-c2ccc(CO)c(CO)c2CO)c1C(O)C1CC1. The average molecular weight is 432 g/mol. The quantitative estimate of drug-likeness (QED) is 0.243. The molecule has 1 saturated carbocycles. The van der Waals surface area contributed by atoms with Crippen molar-refractivity contribution in [2.24, 2.45) is 10.9 Å². The maximum absolute atomic E-state index is 12.7. The fourth-order valence-corrected chi connectivity index (χ4v) is 3.86. The molecule has 0 amide bonds. The summed E-state index contributed by atoms with van der Waals surface area (Å²) in [5.74, 6) is -0.654. The molecule has 0 bridgehead atoms. The Morgan fingerprint density at radius 3 is 2.45 bits per heavy atom. The number of ether oxygens (including phenoxy) is 1. The van der Waals surface area contributed by atoms with Gasteiger partial charge in [0.2, 0.25) is 0 Å². The standard InChI is InChI=1S/C22H28N2O7/c1-2-31-22(30)20-19(21(29)12-3-4-12)18(17(24-20)7-23-11-28)14-6-5-13(8-25)15(9-26)16(14)10-27/h5-7,12,21,24-29H,2-4,8-11H2,1H3/b23-7+. The van der Waals surface area contributed by atoms with Crippen LogP contribution in [-0.4, -0.2) is 56.0 Å². The summed E-state index contributed by atoms with van der Waals surface area (Å²) in [4.78, 5) is 19.5. The minimum Gasteiger partial charge on any atom is -0.461 e. The Morgan fingerprint density at radius 1 is 1.19 bits per heavy atom. The van der Waals surface area contributed by atoms with Gasteiger partial charge in [-0.1, -0.05) is 12.1 Å². The first-order chi connectivity index (χ1) is 15.0. The first-order valence-electron chi connectivity index (χ1n) is 10.2. The van der Waals surface area contributed by atoms with Gasteiger partial charge < -0.3 is 35.3 Å². The van der Waals surface area contributed by atoms with Crippen LogP contribution in [0.25, 0.3) is 11.1 Å². The van der Waals surface area contributed by atoms with Gasteiger partial charge in [-0.15, -0.1) is 0 Å². The van der Waals surface area contributed by atoms with E-state index < -0.39 is 32.0 Å². The molecule has 1 aliphatic rings. The highest BCUT2D eigenvalue weighted by Crippen LogP contribution is 2.47. The van der Waals surface area contributed by atoms with E-state index in [2.05, 4.69) is 9.98 Å². The molecule has 1 atom stereocenters. The highest BCUT2D eigenvalue weighted by molar-refractivity contribution is 5.99. The lowest BCUT2D eigenvalue weighted by atomic mass is 9.88. The summed E-state index contributed by atoms with van der Waals surface area (Å²) in [6, 6.07) is 3.28. The lowest BCUT2D eigenvalue weighted by Crippen LogP contribution is -2.12. The number of aliphatic imine (C=N–C) groups is 1. The van der Waals surface area contributed by atoms with Crippen molar-refractivity contribution >= 4 is 12.2 Å². The predicted octanol–water partition coefficient (Wildman–Crippen LogP) is 1.15. The molecule has 0 radical (unpaired) electrons. The van der Waals surface area contributed by atoms with Crippen molar-refractivity contribution in [1.29, 1.82) is 0 Å². The number of carbonyl (C=O) groups is 1. The first-order valence-corrected chi connectivity index (χ1v) is 10.2. The van der Waals surface area contributed by atoms with Crippen LogP contribution in [0.5, 0.6) is 0 Å². The van der Waals surface area contributed by atoms with Crippen molar-refractivity contribution in [3.63, 3.8) is 0 Å². The molecule has 1 aliphatic carbocycles. The minimum absolute atomic E-state index is 0.0167. The Kier molecular flexibility index (Phi) is 7.58. The Hall–Kier alpha value is -2.56. The summed E-state index contributed by atoms with van der Waals surface area (Å²) in [5.41, 5.74) is 2.87. The normalized spacial score (nSPS) is 14.9. The summed E-state index contributed by atoms with van der Waals surface area (Å²) >= 11 is 0. The summed E-state index contributed by atoms with van der Waals surface area (Å²) in [7, 11) is 0. The Morgan fingerprint density at radius 2 is 1.90 bits per heavy atom. The van der Waals surface area contributed by atoms with E-state index in [0.717, 1.165) is 12.8 Å². The number of nitrogens with one attached hydrogen (secondary N) is 1. The average Bonchev–Trinajstić information content (AvgIpc) is 3.56. The van der Waals surface area contributed by atoms with Crippen molar-refractivity contribution < 1.29 is 35.1 Å². The zero-order valence-corrected chi connectivity index (χ0v) is 17.3. The fourth-order valence-electron chi connectivity index (χ4n) is 3.86. The minimum atomic E-state index is -0.955. The van der Waals surface area contributed by atoms with Crippen LogP contribution in [0.15, 0.2) is 17.1 Å². The molecule has 0 aliphatic heterocycles. The molecule has 1 aromatic carbocycles. The van der Waals surface area contributed by atoms with E-state index in [1.807, 2.05) is 0 Å². The Bertz CT molecular complexity index is 963. The number of aliphatic hydroxyl groups excluding tert-OH is 5. The summed E-state index contributed by atoms with van der Waals surface area (Å²) < 4.78 is 5.17. The molecule has 6 N–H and O–H groups in total. The molecule has 9 heteroatoms. The van der Waals surface area contributed by atoms with Gasteiger partial charge in [-0.25, -0.2) is 4.79 Å². The molecule has 1 unspecified atom stereocenters. The van der Waals surface area contributed by atoms with Crippen molar-refractivity contribution in [3.8, 4) is 11.1 Å². The first kappa shape index (κ1) is 23.1. The summed E-state index contributed by atoms with van der Waals surface area (Å²) in [5, 5.41) is 49.8. The number of hydrogen-bond acceptors (Lipinski definition) is 8. The van der Waals surface area contributed by atoms with Gasteiger partial charge in [0.1, 0.15) is 12.4 Å². The molecule has 1 fully saturated rings. The Balaban J connectivity index is 2.34. The van der Waals surface area contributed by atoms with Gasteiger partial charge in [-0.2, -0.15) is 0 Å². The number of aromatic nitrogens is 1. The van der Waals surface area contributed by atoms with Crippen molar-refractivity contribution in [3.05, 3.63) is 45.8 Å². The highest BCUT2D eigenvalue weighted by atomic mass is 16.5. The van der Waals surface area contributed by atoms with E-state index in [9.17, 15) is 25.2 Å². The molecule has 31 heavy (non-hydrogen) atoms. The maximum Gasteiger partial charge on any atom is 0.355 e. The molecular formula is C22H28N2O7. The van der Waals surface area contributed by atoms with E-state index >= 15 is 0 Å². The third-order valence-electron chi connectivity index (χ3n) is 5.50. The zero-order chi connectivity index (χ0) is 22.5. The van der Waals surface area contributed by atoms with Crippen LogP contribution in [0.1, 0.15) is 64.3 Å². The molecular weight excluding hydrogens is 404 g/mol. The van der Waals surface area contributed by atoms with Crippen LogP contribution in [0.4, 0.5) is 0 Å². The molecule has 9 nitrogen and oxygen atoms in total. The fraction of sp³-hybridized carbons (Fsp3) is 0.455. The third-order valence-corrected chi connectivity index (χ3v) is 5.50. The van der Waals surface area contributed by atoms with Crippen LogP contribution < -0.4 is 0 Å². The monoisotopic (exact) mass is 432 g/mol. The third kappa shape index (κ3) is 4.56. The zero-order valence-electron chi connectivity index (χ0n) is 17.3. The van der Waals surface area contributed by atoms with E-state index in [-0.39, 0.29) is 24.8 Å². The van der Waals surface area contributed by atoms with Crippen molar-refractivity contribution in [2.45, 2.75) is 45.7 Å². The second-order valence-electron chi connectivity index (χ2n) is 7.36. The van der Waals surface area contributed by atoms with Crippen molar-refractivity contribution in [1.82, 2.24) is 4.98 Å². The summed E-state index contributed by atoms with van der Waals surface area (Å²) in [6.45, 7) is 0.183. The van der Waals surface area contributed by atoms with Gasteiger partial charge in [0.05, 0.1) is 38.2 Å².